The molecule has 5 nitrogen and oxygen atoms in total. The zero-order valence-electron chi connectivity index (χ0n) is 10.8. The fourth-order valence-corrected chi connectivity index (χ4v) is 2.56. The van der Waals surface area contributed by atoms with Crippen molar-refractivity contribution in [1.82, 2.24) is 9.97 Å². The number of halogens is 1. The average Bonchev–Trinajstić information content (AvgIpc) is 3.01. The van der Waals surface area contributed by atoms with E-state index in [2.05, 4.69) is 9.97 Å². The summed E-state index contributed by atoms with van der Waals surface area (Å²) in [5, 5.41) is 1.98. The number of morpholine rings is 1. The Hall–Kier alpha value is -1.73. The molecule has 0 saturated carbocycles. The monoisotopic (exact) mass is 295 g/mol. The van der Waals surface area contributed by atoms with Crippen LogP contribution >= 0.6 is 11.3 Å². The Morgan fingerprint density at radius 3 is 3.00 bits per heavy atom. The van der Waals surface area contributed by atoms with Crippen molar-refractivity contribution < 1.29 is 13.9 Å². The Morgan fingerprint density at radius 2 is 2.25 bits per heavy atom. The summed E-state index contributed by atoms with van der Waals surface area (Å²) in [5.74, 6) is -0.153. The molecular weight excluding hydrogens is 281 g/mol. The van der Waals surface area contributed by atoms with E-state index in [0.29, 0.717) is 32.9 Å². The van der Waals surface area contributed by atoms with E-state index in [4.69, 9.17) is 9.47 Å². The highest BCUT2D eigenvalue weighted by molar-refractivity contribution is 7.09. The van der Waals surface area contributed by atoms with Crippen LogP contribution in [-0.2, 0) is 11.3 Å². The summed E-state index contributed by atoms with van der Waals surface area (Å²) in [6, 6.07) is 4.12. The minimum absolute atomic E-state index is 0.196. The Kier molecular flexibility index (Phi) is 4.08. The van der Waals surface area contributed by atoms with Crippen LogP contribution in [0.2, 0.25) is 0 Å². The molecule has 0 radical (unpaired) electrons. The van der Waals surface area contributed by atoms with Crippen LogP contribution in [0.25, 0.3) is 0 Å². The van der Waals surface area contributed by atoms with Gasteiger partial charge in [-0.05, 0) is 11.4 Å². The molecule has 3 heterocycles. The molecule has 0 bridgehead atoms. The molecule has 1 fully saturated rings. The fraction of sp³-hybridized carbons (Fsp3) is 0.385. The largest absolute Gasteiger partial charge is 0.458 e. The van der Waals surface area contributed by atoms with Crippen LogP contribution in [0, 0.1) is 5.82 Å². The lowest BCUT2D eigenvalue weighted by Gasteiger charge is -2.27. The lowest BCUT2D eigenvalue weighted by molar-refractivity contribution is 0.122. The van der Waals surface area contributed by atoms with Crippen molar-refractivity contribution in [3.63, 3.8) is 0 Å². The molecule has 3 rings (SSSR count). The summed E-state index contributed by atoms with van der Waals surface area (Å²) in [6.07, 6.45) is 1.15. The van der Waals surface area contributed by atoms with Gasteiger partial charge in [-0.25, -0.2) is 9.37 Å². The minimum atomic E-state index is -0.435. The summed E-state index contributed by atoms with van der Waals surface area (Å²) < 4.78 is 24.6. The minimum Gasteiger partial charge on any atom is -0.458 e. The average molecular weight is 295 g/mol. The summed E-state index contributed by atoms with van der Waals surface area (Å²) in [7, 11) is 0. The number of hydrogen-bond acceptors (Lipinski definition) is 6. The third-order valence-corrected chi connectivity index (χ3v) is 3.79. The summed E-state index contributed by atoms with van der Waals surface area (Å²) in [4.78, 5) is 11.0. The number of thiophene rings is 1. The van der Waals surface area contributed by atoms with Gasteiger partial charge < -0.3 is 14.4 Å². The molecule has 0 atom stereocenters. The van der Waals surface area contributed by atoms with Gasteiger partial charge in [0, 0.05) is 18.0 Å². The van der Waals surface area contributed by atoms with Gasteiger partial charge in [-0.2, -0.15) is 4.98 Å². The maximum Gasteiger partial charge on any atom is 0.318 e. The molecule has 0 aromatic carbocycles. The Labute approximate surface area is 120 Å². The molecule has 2 aromatic heterocycles. The maximum absolute atomic E-state index is 13.8. The second-order valence-electron chi connectivity index (χ2n) is 4.29. The number of nitrogens with zero attached hydrogens (tertiary/aromatic N) is 3. The zero-order valence-corrected chi connectivity index (χ0v) is 11.6. The van der Waals surface area contributed by atoms with Crippen molar-refractivity contribution in [3.05, 3.63) is 34.4 Å². The Balaban J connectivity index is 1.72. The summed E-state index contributed by atoms with van der Waals surface area (Å²) in [5.41, 5.74) is 0. The Morgan fingerprint density at radius 1 is 1.40 bits per heavy atom. The molecule has 1 saturated heterocycles. The second-order valence-corrected chi connectivity index (χ2v) is 5.32. The predicted octanol–water partition coefficient (Wildman–Crippen LogP) is 2.09. The molecule has 0 unspecified atom stereocenters. The first-order valence-electron chi connectivity index (χ1n) is 6.33. The van der Waals surface area contributed by atoms with Crippen molar-refractivity contribution in [3.8, 4) is 6.01 Å². The van der Waals surface area contributed by atoms with Crippen molar-refractivity contribution in [2.45, 2.75) is 6.61 Å². The number of ether oxygens (including phenoxy) is 2. The van der Waals surface area contributed by atoms with Crippen LogP contribution in [0.3, 0.4) is 0 Å². The van der Waals surface area contributed by atoms with E-state index < -0.39 is 5.82 Å². The second kappa shape index (κ2) is 6.15. The van der Waals surface area contributed by atoms with Gasteiger partial charge in [-0.3, -0.25) is 0 Å². The van der Waals surface area contributed by atoms with Crippen molar-refractivity contribution in [2.75, 3.05) is 31.2 Å². The van der Waals surface area contributed by atoms with E-state index in [0.717, 1.165) is 11.1 Å². The molecule has 106 valence electrons. The van der Waals surface area contributed by atoms with Gasteiger partial charge in [0.2, 0.25) is 0 Å². The summed E-state index contributed by atoms with van der Waals surface area (Å²) >= 11 is 1.60. The van der Waals surface area contributed by atoms with Crippen LogP contribution in [0.4, 0.5) is 10.2 Å². The highest BCUT2D eigenvalue weighted by atomic mass is 32.1. The molecule has 0 N–H and O–H groups in total. The molecule has 0 amide bonds. The zero-order chi connectivity index (χ0) is 13.8. The molecule has 0 spiro atoms. The first-order chi connectivity index (χ1) is 9.83. The quantitative estimate of drug-likeness (QED) is 0.864. The molecule has 0 aliphatic carbocycles. The van der Waals surface area contributed by atoms with Crippen LogP contribution < -0.4 is 9.64 Å². The van der Waals surface area contributed by atoms with Gasteiger partial charge in [0.1, 0.15) is 6.61 Å². The van der Waals surface area contributed by atoms with Crippen LogP contribution in [-0.4, -0.2) is 36.3 Å². The molecule has 1 aliphatic rings. The van der Waals surface area contributed by atoms with E-state index in [1.165, 1.54) is 0 Å². The lowest BCUT2D eigenvalue weighted by atomic mass is 10.4. The fourth-order valence-electron chi connectivity index (χ4n) is 1.94. The standard InChI is InChI=1S/C13H14FN3O2S/c14-11-8-15-13(19-9-10-2-1-7-20-10)16-12(11)17-3-5-18-6-4-17/h1-2,7-8H,3-6,9H2. The topological polar surface area (TPSA) is 47.5 Å². The highest BCUT2D eigenvalue weighted by Gasteiger charge is 2.18. The maximum atomic E-state index is 13.8. The molecule has 1 aliphatic heterocycles. The number of rotatable bonds is 4. The van der Waals surface area contributed by atoms with E-state index >= 15 is 0 Å². The van der Waals surface area contributed by atoms with Gasteiger partial charge >= 0.3 is 6.01 Å². The Bertz CT molecular complexity index is 559. The van der Waals surface area contributed by atoms with Crippen molar-refractivity contribution in [1.29, 1.82) is 0 Å². The van der Waals surface area contributed by atoms with Crippen LogP contribution in [0.5, 0.6) is 6.01 Å². The summed E-state index contributed by atoms with van der Waals surface area (Å²) in [6.45, 7) is 2.80. The first-order valence-corrected chi connectivity index (χ1v) is 7.21. The molecule has 7 heteroatoms. The predicted molar refractivity (Wildman–Crippen MR) is 73.7 cm³/mol. The van der Waals surface area contributed by atoms with Gasteiger partial charge in [0.05, 0.1) is 19.4 Å². The van der Waals surface area contributed by atoms with Gasteiger partial charge in [-0.1, -0.05) is 6.07 Å². The highest BCUT2D eigenvalue weighted by Crippen LogP contribution is 2.20. The van der Waals surface area contributed by atoms with Crippen molar-refractivity contribution in [2.24, 2.45) is 0 Å². The SMILES string of the molecule is Fc1cnc(OCc2cccs2)nc1N1CCOCC1. The lowest BCUT2D eigenvalue weighted by Crippen LogP contribution is -2.37. The van der Waals surface area contributed by atoms with E-state index in [1.807, 2.05) is 22.4 Å². The number of hydrogen-bond donors (Lipinski definition) is 0. The first kappa shape index (κ1) is 13.3. The van der Waals surface area contributed by atoms with Crippen LogP contribution in [0.1, 0.15) is 4.88 Å². The van der Waals surface area contributed by atoms with E-state index in [-0.39, 0.29) is 11.8 Å². The third kappa shape index (κ3) is 3.05. The number of anilines is 1. The van der Waals surface area contributed by atoms with E-state index in [9.17, 15) is 4.39 Å². The molecule has 20 heavy (non-hydrogen) atoms. The van der Waals surface area contributed by atoms with Gasteiger partial charge in [-0.15, -0.1) is 11.3 Å². The van der Waals surface area contributed by atoms with Crippen LogP contribution in [0.15, 0.2) is 23.7 Å². The molecule has 2 aromatic rings. The van der Waals surface area contributed by atoms with Crippen molar-refractivity contribution >= 4 is 17.2 Å². The van der Waals surface area contributed by atoms with E-state index in [1.54, 1.807) is 11.3 Å². The molecular formula is C13H14FN3O2S. The van der Waals surface area contributed by atoms with Gasteiger partial charge in [0.25, 0.3) is 0 Å². The smallest absolute Gasteiger partial charge is 0.318 e. The number of aromatic nitrogens is 2. The van der Waals surface area contributed by atoms with Gasteiger partial charge in [0.15, 0.2) is 11.6 Å². The third-order valence-electron chi connectivity index (χ3n) is 2.94. The normalized spacial score (nSPS) is 15.3.